The van der Waals surface area contributed by atoms with Gasteiger partial charge >= 0.3 is 6.03 Å². The van der Waals surface area contributed by atoms with Crippen molar-refractivity contribution in [1.82, 2.24) is 15.5 Å². The molecule has 0 spiro atoms. The highest BCUT2D eigenvalue weighted by molar-refractivity contribution is 6.74. The van der Waals surface area contributed by atoms with E-state index < -0.39 is 43.9 Å². The fourth-order valence-electron chi connectivity index (χ4n) is 5.15. The number of imide groups is 1. The Bertz CT molecular complexity index is 1670. The molecule has 1 fully saturated rings. The SMILES string of the molecule is CC(C)(C)[Si](C)(C)OCc1ccc(COc2ccc(NC(=O)NCc3ccc4c(c3F)CN(C3CCC(=O)NC3=O)C4=O)cc2)cc1. The molecule has 0 radical (unpaired) electrons. The summed E-state index contributed by atoms with van der Waals surface area (Å²) in [5, 5.41) is 7.75. The van der Waals surface area contributed by atoms with E-state index in [-0.39, 0.29) is 47.7 Å². The monoisotopic (exact) mass is 660 g/mol. The summed E-state index contributed by atoms with van der Waals surface area (Å²) >= 11 is 0. The van der Waals surface area contributed by atoms with Gasteiger partial charge in [-0.15, -0.1) is 0 Å². The van der Waals surface area contributed by atoms with E-state index in [9.17, 15) is 19.2 Å². The van der Waals surface area contributed by atoms with Crippen LogP contribution in [-0.4, -0.2) is 43.0 Å². The number of benzene rings is 3. The van der Waals surface area contributed by atoms with Crippen molar-refractivity contribution in [2.45, 2.75) is 84.1 Å². The summed E-state index contributed by atoms with van der Waals surface area (Å²) in [5.41, 5.74) is 3.22. The first-order valence-electron chi connectivity index (χ1n) is 15.7. The van der Waals surface area contributed by atoms with Crippen LogP contribution in [-0.2, 0) is 40.3 Å². The fourth-order valence-corrected chi connectivity index (χ4v) is 6.11. The van der Waals surface area contributed by atoms with Gasteiger partial charge in [0.15, 0.2) is 8.32 Å². The van der Waals surface area contributed by atoms with Crippen molar-refractivity contribution in [1.29, 1.82) is 0 Å². The Morgan fingerprint density at radius 2 is 1.64 bits per heavy atom. The van der Waals surface area contributed by atoms with Crippen molar-refractivity contribution in [2.75, 3.05) is 5.32 Å². The van der Waals surface area contributed by atoms with E-state index in [1.54, 1.807) is 24.3 Å². The molecule has 248 valence electrons. The number of hydrogen-bond donors (Lipinski definition) is 3. The molecule has 0 bridgehead atoms. The lowest BCUT2D eigenvalue weighted by atomic mass is 10.0. The molecule has 1 atom stereocenters. The number of hydrogen-bond acceptors (Lipinski definition) is 6. The average Bonchev–Trinajstić information content (AvgIpc) is 3.36. The van der Waals surface area contributed by atoms with Crippen LogP contribution in [0.3, 0.4) is 0 Å². The maximum Gasteiger partial charge on any atom is 0.319 e. The number of urea groups is 1. The highest BCUT2D eigenvalue weighted by Crippen LogP contribution is 2.37. The van der Waals surface area contributed by atoms with E-state index in [0.29, 0.717) is 24.7 Å². The smallest absolute Gasteiger partial charge is 0.319 e. The number of carbonyl (C=O) groups is 4. The molecule has 47 heavy (non-hydrogen) atoms. The summed E-state index contributed by atoms with van der Waals surface area (Å²) in [4.78, 5) is 50.5. The zero-order chi connectivity index (χ0) is 33.9. The number of piperidine rings is 1. The molecule has 0 aromatic heterocycles. The molecule has 10 nitrogen and oxygen atoms in total. The molecule has 5 rings (SSSR count). The fraction of sp³-hybridized carbons (Fsp3) is 0.371. The third kappa shape index (κ3) is 7.88. The zero-order valence-corrected chi connectivity index (χ0v) is 28.4. The van der Waals surface area contributed by atoms with Crippen molar-refractivity contribution in [3.8, 4) is 5.75 Å². The van der Waals surface area contributed by atoms with Crippen LogP contribution < -0.4 is 20.7 Å². The van der Waals surface area contributed by atoms with Crippen LogP contribution in [0.1, 0.15) is 66.2 Å². The maximum atomic E-state index is 15.4. The van der Waals surface area contributed by atoms with Gasteiger partial charge in [0, 0.05) is 35.3 Å². The van der Waals surface area contributed by atoms with Gasteiger partial charge in [-0.05, 0) is 66.0 Å². The van der Waals surface area contributed by atoms with Crippen molar-refractivity contribution in [2.24, 2.45) is 0 Å². The van der Waals surface area contributed by atoms with E-state index in [0.717, 1.165) is 11.1 Å². The summed E-state index contributed by atoms with van der Waals surface area (Å²) in [6.07, 6.45) is 0.303. The third-order valence-electron chi connectivity index (χ3n) is 9.12. The molecule has 2 aliphatic heterocycles. The lowest BCUT2D eigenvalue weighted by Crippen LogP contribution is -2.52. The average molecular weight is 661 g/mol. The summed E-state index contributed by atoms with van der Waals surface area (Å²) < 4.78 is 27.6. The lowest BCUT2D eigenvalue weighted by Gasteiger charge is -2.36. The number of anilines is 1. The van der Waals surface area contributed by atoms with Crippen molar-refractivity contribution < 1.29 is 32.7 Å². The Labute approximate surface area is 275 Å². The van der Waals surface area contributed by atoms with Crippen molar-refractivity contribution in [3.05, 3.63) is 94.3 Å². The Morgan fingerprint density at radius 1 is 0.979 bits per heavy atom. The van der Waals surface area contributed by atoms with E-state index in [4.69, 9.17) is 9.16 Å². The Morgan fingerprint density at radius 3 is 2.28 bits per heavy atom. The minimum absolute atomic E-state index is 0.0849. The van der Waals surface area contributed by atoms with Gasteiger partial charge in [0.05, 0.1) is 13.2 Å². The quantitative estimate of drug-likeness (QED) is 0.181. The molecule has 3 aromatic rings. The molecule has 3 N–H and O–H groups in total. The molecule has 1 saturated heterocycles. The molecule has 5 amide bonds. The van der Waals surface area contributed by atoms with Gasteiger partial charge in [-0.25, -0.2) is 9.18 Å². The Balaban J connectivity index is 1.08. The van der Waals surface area contributed by atoms with Crippen LogP contribution >= 0.6 is 0 Å². The predicted octanol–water partition coefficient (Wildman–Crippen LogP) is 6.01. The first-order chi connectivity index (χ1) is 22.2. The van der Waals surface area contributed by atoms with E-state index in [1.165, 1.54) is 17.0 Å². The zero-order valence-electron chi connectivity index (χ0n) is 27.4. The first-order valence-corrected chi connectivity index (χ1v) is 18.6. The topological polar surface area (TPSA) is 126 Å². The standard InChI is InChI=1S/C35H41FN4O6Si/c1-35(2,3)47(4,5)46-21-23-8-6-22(7-9-23)20-45-26-13-11-25(12-14-26)38-34(44)37-18-24-10-15-27-28(31(24)36)19-40(33(27)43)29-16-17-30(41)39-32(29)42/h6-15,29H,16-21H2,1-5H3,(H2,37,38,44)(H,39,41,42). The van der Waals surface area contributed by atoms with Crippen LogP contribution in [0.2, 0.25) is 18.1 Å². The minimum atomic E-state index is -1.81. The second-order valence-corrected chi connectivity index (χ2v) is 18.3. The van der Waals surface area contributed by atoms with Gasteiger partial charge in [0.1, 0.15) is 24.2 Å². The molecule has 2 heterocycles. The molecular weight excluding hydrogens is 619 g/mol. The number of amides is 5. The highest BCUT2D eigenvalue weighted by Gasteiger charge is 2.40. The summed E-state index contributed by atoms with van der Waals surface area (Å²) in [6, 6.07) is 16.7. The van der Waals surface area contributed by atoms with Gasteiger partial charge in [-0.3, -0.25) is 19.7 Å². The van der Waals surface area contributed by atoms with Crippen LogP contribution in [0, 0.1) is 5.82 Å². The predicted molar refractivity (Wildman–Crippen MR) is 178 cm³/mol. The molecule has 2 aliphatic rings. The number of carbonyl (C=O) groups excluding carboxylic acids is 4. The number of ether oxygens (including phenoxy) is 1. The molecule has 12 heteroatoms. The first kappa shape index (κ1) is 33.8. The van der Waals surface area contributed by atoms with Gasteiger partial charge in [0.25, 0.3) is 5.91 Å². The lowest BCUT2D eigenvalue weighted by molar-refractivity contribution is -0.136. The summed E-state index contributed by atoms with van der Waals surface area (Å²) in [6.45, 7) is 11.9. The van der Waals surface area contributed by atoms with Crippen molar-refractivity contribution in [3.63, 3.8) is 0 Å². The molecule has 0 aliphatic carbocycles. The molecular formula is C35H41FN4O6Si. The van der Waals surface area contributed by atoms with E-state index in [2.05, 4.69) is 61.9 Å². The van der Waals surface area contributed by atoms with Gasteiger partial charge in [0.2, 0.25) is 11.8 Å². The van der Waals surface area contributed by atoms with Crippen molar-refractivity contribution >= 4 is 37.8 Å². The van der Waals surface area contributed by atoms with Crippen LogP contribution in [0.25, 0.3) is 0 Å². The van der Waals surface area contributed by atoms with E-state index >= 15 is 4.39 Å². The van der Waals surface area contributed by atoms with Crippen LogP contribution in [0.15, 0.2) is 60.7 Å². The second kappa shape index (κ2) is 13.7. The maximum absolute atomic E-state index is 15.4. The largest absolute Gasteiger partial charge is 0.489 e. The number of halogens is 1. The van der Waals surface area contributed by atoms with Gasteiger partial charge in [-0.1, -0.05) is 51.1 Å². The summed E-state index contributed by atoms with van der Waals surface area (Å²) in [5.74, 6) is -1.38. The third-order valence-corrected chi connectivity index (χ3v) is 13.6. The Hall–Kier alpha value is -4.55. The number of rotatable bonds is 10. The summed E-state index contributed by atoms with van der Waals surface area (Å²) in [7, 11) is -1.81. The minimum Gasteiger partial charge on any atom is -0.489 e. The van der Waals surface area contributed by atoms with Gasteiger partial charge < -0.3 is 24.7 Å². The normalized spacial score (nSPS) is 16.5. The molecule has 0 saturated carbocycles. The molecule has 1 unspecified atom stereocenters. The van der Waals surface area contributed by atoms with E-state index in [1.807, 2.05) is 12.1 Å². The van der Waals surface area contributed by atoms with Crippen LogP contribution in [0.5, 0.6) is 5.75 Å². The number of nitrogens with zero attached hydrogens (tertiary/aromatic N) is 1. The van der Waals surface area contributed by atoms with Crippen LogP contribution in [0.4, 0.5) is 14.9 Å². The second-order valence-electron chi connectivity index (χ2n) is 13.5. The highest BCUT2D eigenvalue weighted by atomic mass is 28.4. The number of fused-ring (bicyclic) bond motifs is 1. The van der Waals surface area contributed by atoms with Gasteiger partial charge in [-0.2, -0.15) is 0 Å². The molecule has 3 aromatic carbocycles. The Kier molecular flexibility index (Phi) is 9.83. The number of nitrogens with one attached hydrogen (secondary N) is 3.